The number of carbonyl (C=O) groups is 1. The second kappa shape index (κ2) is 6.53. The zero-order valence-corrected chi connectivity index (χ0v) is 12.2. The van der Waals surface area contributed by atoms with E-state index >= 15 is 0 Å². The first-order chi connectivity index (χ1) is 7.95. The van der Waals surface area contributed by atoms with Crippen LogP contribution in [0.1, 0.15) is 59.8 Å². The van der Waals surface area contributed by atoms with Gasteiger partial charge in [-0.15, -0.1) is 0 Å². The summed E-state index contributed by atoms with van der Waals surface area (Å²) in [6, 6.07) is 1.49. The van der Waals surface area contributed by atoms with E-state index in [-0.39, 0.29) is 0 Å². The van der Waals surface area contributed by atoms with E-state index in [9.17, 15) is 4.79 Å². The van der Waals surface area contributed by atoms with Crippen LogP contribution in [0.15, 0.2) is 0 Å². The van der Waals surface area contributed by atoms with Gasteiger partial charge in [0.25, 0.3) is 0 Å². The van der Waals surface area contributed by atoms with Gasteiger partial charge >= 0.3 is 0 Å². The molecule has 17 heavy (non-hydrogen) atoms. The van der Waals surface area contributed by atoms with Gasteiger partial charge in [0.05, 0.1) is 0 Å². The van der Waals surface area contributed by atoms with Gasteiger partial charge in [0.15, 0.2) is 0 Å². The zero-order chi connectivity index (χ0) is 13.0. The normalized spacial score (nSPS) is 21.3. The number of carbonyl (C=O) groups excluding carboxylic acids is 1. The maximum atomic E-state index is 11.2. The Bertz CT molecular complexity index is 247. The van der Waals surface area contributed by atoms with Gasteiger partial charge < -0.3 is 9.69 Å². The molecular weight excluding hydrogens is 210 g/mol. The lowest BCUT2D eigenvalue weighted by molar-refractivity contribution is -0.118. The Kier molecular flexibility index (Phi) is 5.64. The fraction of sp³-hybridized carbons (Fsp3) is 0.933. The molecule has 100 valence electrons. The molecule has 2 heteroatoms. The number of nitrogens with zero attached hydrogens (tertiary/aromatic N) is 1. The van der Waals surface area contributed by atoms with Crippen molar-refractivity contribution < 1.29 is 4.79 Å². The molecule has 0 bridgehead atoms. The number of ketones is 1. The van der Waals surface area contributed by atoms with E-state index in [0.717, 1.165) is 12.5 Å². The summed E-state index contributed by atoms with van der Waals surface area (Å²) >= 11 is 0. The van der Waals surface area contributed by atoms with Crippen LogP contribution in [-0.2, 0) is 4.79 Å². The molecule has 1 aliphatic carbocycles. The summed E-state index contributed by atoms with van der Waals surface area (Å²) in [5.74, 6) is 1.56. The molecule has 1 fully saturated rings. The first-order valence-corrected chi connectivity index (χ1v) is 7.17. The summed E-state index contributed by atoms with van der Waals surface area (Å²) in [5, 5.41) is 0. The van der Waals surface area contributed by atoms with Crippen LogP contribution in [0.2, 0.25) is 0 Å². The second-order valence-corrected chi connectivity index (χ2v) is 6.03. The Labute approximate surface area is 107 Å². The number of rotatable bonds is 8. The average molecular weight is 239 g/mol. The highest BCUT2D eigenvalue weighted by atomic mass is 16.1. The van der Waals surface area contributed by atoms with Crippen LogP contribution >= 0.6 is 0 Å². The molecule has 0 aliphatic heterocycles. The van der Waals surface area contributed by atoms with Crippen LogP contribution in [0.4, 0.5) is 0 Å². The van der Waals surface area contributed by atoms with Gasteiger partial charge in [-0.2, -0.15) is 0 Å². The van der Waals surface area contributed by atoms with Crippen LogP contribution in [0.5, 0.6) is 0 Å². The molecule has 1 rings (SSSR count). The lowest BCUT2D eigenvalue weighted by Gasteiger charge is -2.30. The topological polar surface area (TPSA) is 20.3 Å². The molecule has 2 nitrogen and oxygen atoms in total. The zero-order valence-electron chi connectivity index (χ0n) is 12.2. The minimum absolute atomic E-state index is 0.333. The Morgan fingerprint density at radius 2 is 1.94 bits per heavy atom. The van der Waals surface area contributed by atoms with Crippen molar-refractivity contribution in [3.8, 4) is 0 Å². The summed E-state index contributed by atoms with van der Waals surface area (Å²) in [4.78, 5) is 13.7. The molecular formula is C15H29NO. The molecule has 0 amide bonds. The summed E-state index contributed by atoms with van der Waals surface area (Å²) in [6.45, 7) is 8.54. The number of Topliss-reactive ketones (excluding diaryl/α,β-unsaturated/α-hetero) is 1. The molecule has 0 heterocycles. The van der Waals surface area contributed by atoms with Crippen molar-refractivity contribution >= 4 is 5.78 Å². The van der Waals surface area contributed by atoms with E-state index in [1.807, 2.05) is 0 Å². The predicted octanol–water partition coefficient (Wildman–Crippen LogP) is 3.50. The van der Waals surface area contributed by atoms with Crippen molar-refractivity contribution in [3.63, 3.8) is 0 Å². The number of hydrogen-bond acceptors (Lipinski definition) is 2. The van der Waals surface area contributed by atoms with Crippen molar-refractivity contribution in [3.05, 3.63) is 0 Å². The van der Waals surface area contributed by atoms with Crippen molar-refractivity contribution in [2.24, 2.45) is 11.8 Å². The quantitative estimate of drug-likeness (QED) is 0.646. The van der Waals surface area contributed by atoms with Gasteiger partial charge in [-0.05, 0) is 52.0 Å². The first-order valence-electron chi connectivity index (χ1n) is 7.17. The summed E-state index contributed by atoms with van der Waals surface area (Å²) < 4.78 is 0. The lowest BCUT2D eigenvalue weighted by Crippen LogP contribution is -2.34. The fourth-order valence-electron chi connectivity index (χ4n) is 2.87. The standard InChI is InChI=1S/C15H29NO/c1-6-14(11(2)9-13(4)17)10-12(3)16(5)15-7-8-15/h11-12,14-15H,6-10H2,1-5H3. The van der Waals surface area contributed by atoms with Gasteiger partial charge in [-0.1, -0.05) is 20.3 Å². The van der Waals surface area contributed by atoms with Crippen molar-refractivity contribution in [2.75, 3.05) is 7.05 Å². The van der Waals surface area contributed by atoms with Crippen LogP contribution in [0.25, 0.3) is 0 Å². The maximum absolute atomic E-state index is 11.2. The van der Waals surface area contributed by atoms with E-state index in [2.05, 4.69) is 32.7 Å². The van der Waals surface area contributed by atoms with E-state index in [4.69, 9.17) is 0 Å². The largest absolute Gasteiger partial charge is 0.301 e. The highest BCUT2D eigenvalue weighted by Crippen LogP contribution is 2.31. The molecule has 1 saturated carbocycles. The summed E-state index contributed by atoms with van der Waals surface area (Å²) in [5.41, 5.74) is 0. The molecule has 0 N–H and O–H groups in total. The van der Waals surface area contributed by atoms with E-state index in [0.29, 0.717) is 23.7 Å². The molecule has 1 aliphatic rings. The van der Waals surface area contributed by atoms with Crippen LogP contribution in [-0.4, -0.2) is 29.8 Å². The smallest absolute Gasteiger partial charge is 0.130 e. The van der Waals surface area contributed by atoms with Gasteiger partial charge in [0.2, 0.25) is 0 Å². The minimum Gasteiger partial charge on any atom is -0.301 e. The minimum atomic E-state index is 0.333. The van der Waals surface area contributed by atoms with Gasteiger partial charge in [0, 0.05) is 18.5 Å². The highest BCUT2D eigenvalue weighted by molar-refractivity contribution is 5.75. The van der Waals surface area contributed by atoms with Gasteiger partial charge in [-0.25, -0.2) is 0 Å². The Hall–Kier alpha value is -0.370. The molecule has 3 atom stereocenters. The molecule has 3 unspecified atom stereocenters. The monoisotopic (exact) mass is 239 g/mol. The molecule has 0 aromatic carbocycles. The lowest BCUT2D eigenvalue weighted by atomic mass is 9.83. The SMILES string of the molecule is CCC(CC(C)N(C)C1CC1)C(C)CC(C)=O. The van der Waals surface area contributed by atoms with Crippen LogP contribution < -0.4 is 0 Å². The first kappa shape index (κ1) is 14.7. The Balaban J connectivity index is 2.41. The predicted molar refractivity (Wildman–Crippen MR) is 73.1 cm³/mol. The van der Waals surface area contributed by atoms with Crippen molar-refractivity contribution in [1.82, 2.24) is 4.90 Å². The summed E-state index contributed by atoms with van der Waals surface area (Å²) in [6.07, 6.45) is 5.93. The molecule has 0 spiro atoms. The molecule has 0 aromatic heterocycles. The second-order valence-electron chi connectivity index (χ2n) is 6.03. The average Bonchev–Trinajstić information content (AvgIpc) is 3.06. The van der Waals surface area contributed by atoms with Crippen molar-refractivity contribution in [2.45, 2.75) is 71.9 Å². The third kappa shape index (κ3) is 4.79. The molecule has 0 aromatic rings. The van der Waals surface area contributed by atoms with E-state index in [1.54, 1.807) is 6.92 Å². The fourth-order valence-corrected chi connectivity index (χ4v) is 2.87. The summed E-state index contributed by atoms with van der Waals surface area (Å²) in [7, 11) is 2.25. The van der Waals surface area contributed by atoms with Crippen molar-refractivity contribution in [1.29, 1.82) is 0 Å². The van der Waals surface area contributed by atoms with Crippen LogP contribution in [0.3, 0.4) is 0 Å². The van der Waals surface area contributed by atoms with E-state index < -0.39 is 0 Å². The van der Waals surface area contributed by atoms with Crippen LogP contribution in [0, 0.1) is 11.8 Å². The molecule has 0 radical (unpaired) electrons. The van der Waals surface area contributed by atoms with Gasteiger partial charge in [-0.3, -0.25) is 0 Å². The number of hydrogen-bond donors (Lipinski definition) is 0. The third-order valence-electron chi connectivity index (χ3n) is 4.40. The highest BCUT2D eigenvalue weighted by Gasteiger charge is 2.30. The van der Waals surface area contributed by atoms with E-state index in [1.165, 1.54) is 25.7 Å². The van der Waals surface area contributed by atoms with Gasteiger partial charge in [0.1, 0.15) is 5.78 Å². The maximum Gasteiger partial charge on any atom is 0.130 e. The molecule has 0 saturated heterocycles. The Morgan fingerprint density at radius 3 is 2.35 bits per heavy atom. The third-order valence-corrected chi connectivity index (χ3v) is 4.40. The Morgan fingerprint density at radius 1 is 1.35 bits per heavy atom.